The largest absolute Gasteiger partial charge is 0.507 e. The maximum atomic E-state index is 12.6. The van der Waals surface area contributed by atoms with Gasteiger partial charge in [0.1, 0.15) is 17.2 Å². The van der Waals surface area contributed by atoms with Crippen LogP contribution in [0.1, 0.15) is 10.4 Å². The van der Waals surface area contributed by atoms with E-state index in [0.717, 1.165) is 5.69 Å². The summed E-state index contributed by atoms with van der Waals surface area (Å²) in [5, 5.41) is 20.0. The highest BCUT2D eigenvalue weighted by atomic mass is 16.5. The van der Waals surface area contributed by atoms with E-state index < -0.39 is 0 Å². The molecular formula is C18H20N2O4. The number of aromatic hydroxyl groups is 2. The molecule has 2 N–H and O–H groups in total. The molecule has 0 radical (unpaired) electrons. The molecule has 1 fully saturated rings. The highest BCUT2D eigenvalue weighted by Gasteiger charge is 2.25. The van der Waals surface area contributed by atoms with E-state index in [2.05, 4.69) is 0 Å². The SMILES string of the molecule is COc1ccc(C(=O)N2CCN(c3ccccc3O)CC2)c(O)c1. The van der Waals surface area contributed by atoms with E-state index >= 15 is 0 Å². The fourth-order valence-corrected chi connectivity index (χ4v) is 2.87. The molecule has 6 heteroatoms. The molecule has 0 saturated carbocycles. The minimum atomic E-state index is -0.202. The zero-order valence-corrected chi connectivity index (χ0v) is 13.5. The third kappa shape index (κ3) is 3.08. The van der Waals surface area contributed by atoms with Crippen molar-refractivity contribution < 1.29 is 19.7 Å². The van der Waals surface area contributed by atoms with Crippen molar-refractivity contribution in [3.63, 3.8) is 0 Å². The van der Waals surface area contributed by atoms with E-state index in [0.29, 0.717) is 31.9 Å². The van der Waals surface area contributed by atoms with E-state index in [1.165, 1.54) is 13.2 Å². The third-order valence-electron chi connectivity index (χ3n) is 4.22. The molecule has 0 spiro atoms. The lowest BCUT2D eigenvalue weighted by Crippen LogP contribution is -2.48. The number of hydrogen-bond donors (Lipinski definition) is 2. The minimum absolute atomic E-state index is 0.0810. The van der Waals surface area contributed by atoms with Gasteiger partial charge in [-0.25, -0.2) is 0 Å². The van der Waals surface area contributed by atoms with Crippen LogP contribution in [0.4, 0.5) is 5.69 Å². The number of carbonyl (C=O) groups is 1. The van der Waals surface area contributed by atoms with Crippen LogP contribution in [-0.2, 0) is 0 Å². The number of phenols is 2. The molecule has 6 nitrogen and oxygen atoms in total. The summed E-state index contributed by atoms with van der Waals surface area (Å²) in [6.45, 7) is 2.30. The molecule has 2 aromatic rings. The normalized spacial score (nSPS) is 14.5. The van der Waals surface area contributed by atoms with Crippen LogP contribution < -0.4 is 9.64 Å². The second-order valence-electron chi connectivity index (χ2n) is 5.65. The van der Waals surface area contributed by atoms with Gasteiger partial charge in [0, 0.05) is 32.2 Å². The molecule has 24 heavy (non-hydrogen) atoms. The van der Waals surface area contributed by atoms with E-state index in [-0.39, 0.29) is 23.0 Å². The van der Waals surface area contributed by atoms with Crippen LogP contribution in [0.3, 0.4) is 0 Å². The van der Waals surface area contributed by atoms with Crippen molar-refractivity contribution in [3.8, 4) is 17.2 Å². The van der Waals surface area contributed by atoms with Crippen LogP contribution in [0.5, 0.6) is 17.2 Å². The zero-order valence-electron chi connectivity index (χ0n) is 13.5. The van der Waals surface area contributed by atoms with Crippen molar-refractivity contribution in [2.75, 3.05) is 38.2 Å². The first-order valence-corrected chi connectivity index (χ1v) is 7.79. The van der Waals surface area contributed by atoms with Crippen LogP contribution in [0.25, 0.3) is 0 Å². The number of nitrogens with zero attached hydrogens (tertiary/aromatic N) is 2. The molecule has 3 rings (SSSR count). The summed E-state index contributed by atoms with van der Waals surface area (Å²) in [5.74, 6) is 0.466. The van der Waals surface area contributed by atoms with E-state index in [9.17, 15) is 15.0 Å². The smallest absolute Gasteiger partial charge is 0.257 e. The summed E-state index contributed by atoms with van der Waals surface area (Å²) in [6.07, 6.45) is 0. The topological polar surface area (TPSA) is 73.2 Å². The van der Waals surface area contributed by atoms with Gasteiger partial charge in [0.2, 0.25) is 0 Å². The zero-order chi connectivity index (χ0) is 17.1. The number of benzene rings is 2. The van der Waals surface area contributed by atoms with Crippen LogP contribution in [-0.4, -0.2) is 54.3 Å². The van der Waals surface area contributed by atoms with Gasteiger partial charge >= 0.3 is 0 Å². The molecule has 0 aliphatic carbocycles. The van der Waals surface area contributed by atoms with Crippen molar-refractivity contribution in [2.45, 2.75) is 0 Å². The average molecular weight is 328 g/mol. The predicted octanol–water partition coefficient (Wildman–Crippen LogP) is 2.07. The van der Waals surface area contributed by atoms with Gasteiger partial charge in [-0.15, -0.1) is 0 Å². The Balaban J connectivity index is 1.68. The Morgan fingerprint density at radius 1 is 1.00 bits per heavy atom. The van der Waals surface area contributed by atoms with Crippen LogP contribution >= 0.6 is 0 Å². The molecule has 0 atom stereocenters. The monoisotopic (exact) mass is 328 g/mol. The quantitative estimate of drug-likeness (QED) is 0.902. The van der Waals surface area contributed by atoms with Crippen molar-refractivity contribution in [2.24, 2.45) is 0 Å². The lowest BCUT2D eigenvalue weighted by molar-refractivity contribution is 0.0743. The summed E-state index contributed by atoms with van der Waals surface area (Å²) in [5.41, 5.74) is 1.05. The first-order chi connectivity index (χ1) is 11.6. The number of amides is 1. The summed E-state index contributed by atoms with van der Waals surface area (Å²) in [6, 6.07) is 11.8. The number of carbonyl (C=O) groups excluding carboxylic acids is 1. The fourth-order valence-electron chi connectivity index (χ4n) is 2.87. The molecule has 1 saturated heterocycles. The van der Waals surface area contributed by atoms with Gasteiger partial charge in [0.25, 0.3) is 5.91 Å². The van der Waals surface area contributed by atoms with Crippen LogP contribution in [0.15, 0.2) is 42.5 Å². The lowest BCUT2D eigenvalue weighted by atomic mass is 10.1. The first kappa shape index (κ1) is 16.0. The molecule has 126 valence electrons. The van der Waals surface area contributed by atoms with Gasteiger partial charge in [-0.1, -0.05) is 12.1 Å². The Bertz CT molecular complexity index is 740. The Kier molecular flexibility index (Phi) is 4.46. The second-order valence-corrected chi connectivity index (χ2v) is 5.65. The molecule has 1 aliphatic heterocycles. The number of methoxy groups -OCH3 is 1. The van der Waals surface area contributed by atoms with Gasteiger partial charge in [-0.05, 0) is 24.3 Å². The highest BCUT2D eigenvalue weighted by molar-refractivity contribution is 5.97. The standard InChI is InChI=1S/C18H20N2O4/c1-24-13-6-7-14(17(22)12-13)18(23)20-10-8-19(9-11-20)15-4-2-3-5-16(15)21/h2-7,12,21-22H,8-11H2,1H3. The highest BCUT2D eigenvalue weighted by Crippen LogP contribution is 2.28. The lowest BCUT2D eigenvalue weighted by Gasteiger charge is -2.36. The van der Waals surface area contributed by atoms with E-state index in [1.807, 2.05) is 17.0 Å². The second kappa shape index (κ2) is 6.70. The Labute approximate surface area is 140 Å². The van der Waals surface area contributed by atoms with Crippen molar-refractivity contribution in [3.05, 3.63) is 48.0 Å². The Morgan fingerprint density at radius 3 is 2.33 bits per heavy atom. The molecule has 0 unspecified atom stereocenters. The van der Waals surface area contributed by atoms with Gasteiger partial charge in [0.15, 0.2) is 0 Å². The van der Waals surface area contributed by atoms with E-state index in [1.54, 1.807) is 29.2 Å². The van der Waals surface area contributed by atoms with Crippen molar-refractivity contribution in [1.29, 1.82) is 0 Å². The molecule has 0 aromatic heterocycles. The Hall–Kier alpha value is -2.89. The number of hydrogen-bond acceptors (Lipinski definition) is 5. The van der Waals surface area contributed by atoms with Crippen LogP contribution in [0.2, 0.25) is 0 Å². The number of piperazine rings is 1. The number of rotatable bonds is 3. The number of para-hydroxylation sites is 2. The number of ether oxygens (including phenoxy) is 1. The molecule has 2 aromatic carbocycles. The maximum absolute atomic E-state index is 12.6. The van der Waals surface area contributed by atoms with E-state index in [4.69, 9.17) is 4.74 Å². The molecule has 1 amide bonds. The van der Waals surface area contributed by atoms with Gasteiger partial charge in [0.05, 0.1) is 18.4 Å². The molecule has 1 heterocycles. The fraction of sp³-hybridized carbons (Fsp3) is 0.278. The summed E-state index contributed by atoms with van der Waals surface area (Å²) in [4.78, 5) is 16.3. The van der Waals surface area contributed by atoms with Gasteiger partial charge in [-0.2, -0.15) is 0 Å². The Morgan fingerprint density at radius 2 is 1.71 bits per heavy atom. The average Bonchev–Trinajstić information content (AvgIpc) is 2.61. The van der Waals surface area contributed by atoms with Crippen molar-refractivity contribution >= 4 is 11.6 Å². The summed E-state index contributed by atoms with van der Waals surface area (Å²) < 4.78 is 5.03. The van der Waals surface area contributed by atoms with Gasteiger partial charge < -0.3 is 24.7 Å². The van der Waals surface area contributed by atoms with Crippen LogP contribution in [0, 0.1) is 0 Å². The maximum Gasteiger partial charge on any atom is 0.257 e. The predicted molar refractivity (Wildman–Crippen MR) is 90.9 cm³/mol. The minimum Gasteiger partial charge on any atom is -0.507 e. The molecule has 0 bridgehead atoms. The molecule has 1 aliphatic rings. The van der Waals surface area contributed by atoms with Gasteiger partial charge in [-0.3, -0.25) is 4.79 Å². The van der Waals surface area contributed by atoms with Crippen molar-refractivity contribution in [1.82, 2.24) is 4.90 Å². The third-order valence-corrected chi connectivity index (χ3v) is 4.22. The summed E-state index contributed by atoms with van der Waals surface area (Å²) in [7, 11) is 1.51. The number of phenolic OH excluding ortho intramolecular Hbond substituents is 2. The summed E-state index contributed by atoms with van der Waals surface area (Å²) >= 11 is 0. The molecular weight excluding hydrogens is 308 g/mol. The number of anilines is 1. The first-order valence-electron chi connectivity index (χ1n) is 7.79.